The number of hydrogen-bond donors (Lipinski definition) is 2. The maximum Gasteiger partial charge on any atom is 0.274 e. The number of nitrogens with one attached hydrogen (secondary N) is 1. The lowest BCUT2D eigenvalue weighted by Crippen LogP contribution is -2.50. The van der Waals surface area contributed by atoms with E-state index in [9.17, 15) is 23.9 Å². The first kappa shape index (κ1) is 24.9. The number of carbonyl (C=O) groups excluding carboxylic acids is 2. The van der Waals surface area contributed by atoms with Crippen LogP contribution in [0.15, 0.2) is 59.9 Å². The molecule has 0 bridgehead atoms. The summed E-state index contributed by atoms with van der Waals surface area (Å²) in [4.78, 5) is 47.9. The van der Waals surface area contributed by atoms with Gasteiger partial charge in [-0.15, -0.1) is 0 Å². The number of rotatable bonds is 6. The van der Waals surface area contributed by atoms with Crippen LogP contribution in [0, 0.1) is 11.7 Å². The molecule has 4 aromatic rings. The highest BCUT2D eigenvalue weighted by molar-refractivity contribution is 6.02. The number of aromatic nitrogens is 5. The molecule has 0 unspecified atom stereocenters. The number of pyridine rings is 1. The average molecular weight is 532 g/mol. The van der Waals surface area contributed by atoms with Crippen molar-refractivity contribution in [2.45, 2.75) is 37.8 Å². The molecule has 4 heterocycles. The van der Waals surface area contributed by atoms with Crippen molar-refractivity contribution in [1.29, 1.82) is 0 Å². The fraction of sp³-hybridized carbons (Fsp3) is 0.333. The number of aliphatic hydroxyl groups is 1. The van der Waals surface area contributed by atoms with Gasteiger partial charge < -0.3 is 15.3 Å². The van der Waals surface area contributed by atoms with E-state index in [0.29, 0.717) is 48.3 Å². The van der Waals surface area contributed by atoms with Crippen LogP contribution in [0.25, 0.3) is 16.7 Å². The van der Waals surface area contributed by atoms with Gasteiger partial charge in [-0.3, -0.25) is 19.0 Å². The van der Waals surface area contributed by atoms with Crippen LogP contribution in [0.5, 0.6) is 0 Å². The summed E-state index contributed by atoms with van der Waals surface area (Å²) < 4.78 is 16.0. The highest BCUT2D eigenvalue weighted by Gasteiger charge is 2.39. The molecule has 1 aliphatic heterocycles. The third-order valence-electron chi connectivity index (χ3n) is 7.28. The van der Waals surface area contributed by atoms with Crippen LogP contribution in [0.1, 0.15) is 36.2 Å². The van der Waals surface area contributed by atoms with E-state index in [2.05, 4.69) is 20.4 Å². The molecular formula is C27H26FN7O4. The number of likely N-dealkylation sites (tertiary alicyclic amines) is 1. The minimum Gasteiger partial charge on any atom is -0.388 e. The second-order valence-corrected chi connectivity index (χ2v) is 10.2. The Kier molecular flexibility index (Phi) is 6.18. The van der Waals surface area contributed by atoms with E-state index in [0.717, 1.165) is 25.1 Å². The summed E-state index contributed by atoms with van der Waals surface area (Å²) in [5.74, 6) is -0.683. The van der Waals surface area contributed by atoms with Crippen molar-refractivity contribution < 1.29 is 19.1 Å². The van der Waals surface area contributed by atoms with E-state index in [1.54, 1.807) is 24.3 Å². The molecule has 2 amide bonds. The van der Waals surface area contributed by atoms with Crippen LogP contribution in [-0.4, -0.2) is 64.8 Å². The van der Waals surface area contributed by atoms with E-state index in [4.69, 9.17) is 0 Å². The van der Waals surface area contributed by atoms with E-state index in [-0.39, 0.29) is 29.6 Å². The lowest BCUT2D eigenvalue weighted by Gasteiger charge is -2.38. The van der Waals surface area contributed by atoms with Crippen molar-refractivity contribution in [2.24, 2.45) is 5.92 Å². The number of piperidine rings is 1. The fourth-order valence-electron chi connectivity index (χ4n) is 4.85. The number of halogens is 1. The van der Waals surface area contributed by atoms with Crippen LogP contribution >= 0.6 is 0 Å². The summed E-state index contributed by atoms with van der Waals surface area (Å²) in [6.07, 6.45) is 6.52. The first-order chi connectivity index (χ1) is 18.8. The molecule has 2 N–H and O–H groups in total. The fourth-order valence-corrected chi connectivity index (χ4v) is 4.85. The molecule has 1 saturated heterocycles. The second-order valence-electron chi connectivity index (χ2n) is 10.2. The van der Waals surface area contributed by atoms with E-state index in [1.165, 1.54) is 27.8 Å². The van der Waals surface area contributed by atoms with Crippen molar-refractivity contribution in [3.8, 4) is 5.69 Å². The molecule has 11 nitrogen and oxygen atoms in total. The first-order valence-electron chi connectivity index (χ1n) is 12.8. The number of benzene rings is 1. The molecule has 12 heteroatoms. The summed E-state index contributed by atoms with van der Waals surface area (Å²) in [5, 5.41) is 18.5. The molecule has 0 atom stereocenters. The van der Waals surface area contributed by atoms with Gasteiger partial charge in [0.25, 0.3) is 11.5 Å². The number of anilines is 1. The third kappa shape index (κ3) is 5.02. The Morgan fingerprint density at radius 2 is 1.79 bits per heavy atom. The normalized spacial score (nSPS) is 16.8. The van der Waals surface area contributed by atoms with Crippen molar-refractivity contribution in [3.05, 3.63) is 77.0 Å². The van der Waals surface area contributed by atoms with Gasteiger partial charge in [-0.2, -0.15) is 5.10 Å². The molecule has 2 fully saturated rings. The van der Waals surface area contributed by atoms with E-state index in [1.807, 2.05) is 4.90 Å². The summed E-state index contributed by atoms with van der Waals surface area (Å²) in [7, 11) is 0. The number of amides is 2. The smallest absolute Gasteiger partial charge is 0.274 e. The zero-order valence-corrected chi connectivity index (χ0v) is 21.0. The Bertz CT molecular complexity index is 1600. The Hall–Kier alpha value is -4.45. The molecule has 1 saturated carbocycles. The zero-order valence-electron chi connectivity index (χ0n) is 21.0. The first-order valence-corrected chi connectivity index (χ1v) is 12.8. The molecule has 0 radical (unpaired) electrons. The summed E-state index contributed by atoms with van der Waals surface area (Å²) in [6.45, 7) is 1.04. The van der Waals surface area contributed by atoms with E-state index >= 15 is 0 Å². The topological polar surface area (TPSA) is 135 Å². The van der Waals surface area contributed by atoms with Crippen LogP contribution in [0.3, 0.4) is 0 Å². The maximum atomic E-state index is 13.2. The van der Waals surface area contributed by atoms with Crippen molar-refractivity contribution in [2.75, 3.05) is 18.4 Å². The van der Waals surface area contributed by atoms with Gasteiger partial charge in [-0.05, 0) is 62.1 Å². The molecule has 200 valence electrons. The molecule has 39 heavy (non-hydrogen) atoms. The van der Waals surface area contributed by atoms with Gasteiger partial charge in [0.05, 0.1) is 30.2 Å². The average Bonchev–Trinajstić information content (AvgIpc) is 3.70. The standard InChI is InChI=1S/C27H26FN7O4/c28-18-3-8-22(29-13-18)24(36)32-19-4-6-20(7-5-19)35-23-21(14-31-35)26(38)34(16-30-23)15-27(39)9-11-33(12-10-27)25(37)17-1-2-17/h3-8,13-14,16-17,39H,1-2,9-12,15H2,(H,32,36). The number of carbonyl (C=O) groups is 2. The highest BCUT2D eigenvalue weighted by atomic mass is 19.1. The van der Waals surface area contributed by atoms with Gasteiger partial charge in [0.2, 0.25) is 5.91 Å². The largest absolute Gasteiger partial charge is 0.388 e. The van der Waals surface area contributed by atoms with Gasteiger partial charge in [-0.25, -0.2) is 19.0 Å². The van der Waals surface area contributed by atoms with Crippen LogP contribution in [0.2, 0.25) is 0 Å². The van der Waals surface area contributed by atoms with Crippen molar-refractivity contribution in [1.82, 2.24) is 29.2 Å². The van der Waals surface area contributed by atoms with Gasteiger partial charge in [0, 0.05) is 24.7 Å². The Morgan fingerprint density at radius 3 is 2.46 bits per heavy atom. The Balaban J connectivity index is 1.15. The highest BCUT2D eigenvalue weighted by Crippen LogP contribution is 2.33. The molecular weight excluding hydrogens is 505 g/mol. The number of hydrogen-bond acceptors (Lipinski definition) is 7. The Morgan fingerprint density at radius 1 is 1.05 bits per heavy atom. The predicted octanol–water partition coefficient (Wildman–Crippen LogP) is 2.13. The summed E-state index contributed by atoms with van der Waals surface area (Å²) in [6, 6.07) is 9.23. The summed E-state index contributed by atoms with van der Waals surface area (Å²) >= 11 is 0. The SMILES string of the molecule is O=C(Nc1ccc(-n2ncc3c(=O)n(CC4(O)CCN(C(=O)C5CC5)CC4)cnc32)cc1)c1ccc(F)cn1. The number of nitrogens with zero attached hydrogens (tertiary/aromatic N) is 6. The molecule has 6 rings (SSSR count). The van der Waals surface area contributed by atoms with Gasteiger partial charge in [0.1, 0.15) is 23.2 Å². The quantitative estimate of drug-likeness (QED) is 0.389. The zero-order chi connectivity index (χ0) is 27.1. The van der Waals surface area contributed by atoms with Crippen LogP contribution in [0.4, 0.5) is 10.1 Å². The molecule has 3 aromatic heterocycles. The minimum atomic E-state index is -1.10. The van der Waals surface area contributed by atoms with Gasteiger partial charge >= 0.3 is 0 Å². The number of fused-ring (bicyclic) bond motifs is 1. The van der Waals surface area contributed by atoms with Gasteiger partial charge in [0.15, 0.2) is 5.65 Å². The van der Waals surface area contributed by atoms with E-state index < -0.39 is 17.3 Å². The molecule has 1 aliphatic carbocycles. The third-order valence-corrected chi connectivity index (χ3v) is 7.28. The maximum absolute atomic E-state index is 13.2. The second kappa shape index (κ2) is 9.70. The molecule has 2 aliphatic rings. The summed E-state index contributed by atoms with van der Waals surface area (Å²) in [5.41, 5.74) is 0.158. The van der Waals surface area contributed by atoms with Crippen LogP contribution < -0.4 is 10.9 Å². The lowest BCUT2D eigenvalue weighted by molar-refractivity contribution is -0.137. The van der Waals surface area contributed by atoms with Crippen LogP contribution in [-0.2, 0) is 11.3 Å². The predicted molar refractivity (Wildman–Crippen MR) is 139 cm³/mol. The Labute approximate surface area is 221 Å². The lowest BCUT2D eigenvalue weighted by atomic mass is 9.91. The molecule has 1 aromatic carbocycles. The minimum absolute atomic E-state index is 0.0842. The monoisotopic (exact) mass is 531 g/mol. The van der Waals surface area contributed by atoms with Gasteiger partial charge in [-0.1, -0.05) is 0 Å². The molecule has 0 spiro atoms. The van der Waals surface area contributed by atoms with Crippen molar-refractivity contribution >= 4 is 28.5 Å². The van der Waals surface area contributed by atoms with Crippen molar-refractivity contribution in [3.63, 3.8) is 0 Å².